The molecule has 2 rings (SSSR count). The van der Waals surface area contributed by atoms with E-state index < -0.39 is 0 Å². The summed E-state index contributed by atoms with van der Waals surface area (Å²) < 4.78 is 0. The van der Waals surface area contributed by atoms with Crippen LogP contribution in [-0.2, 0) is 6.54 Å². The van der Waals surface area contributed by atoms with E-state index in [9.17, 15) is 0 Å². The van der Waals surface area contributed by atoms with Gasteiger partial charge < -0.3 is 5.32 Å². The maximum Gasteiger partial charge on any atom is 0.130 e. The lowest BCUT2D eigenvalue weighted by Crippen LogP contribution is -2.42. The van der Waals surface area contributed by atoms with Gasteiger partial charge in [0.1, 0.15) is 5.82 Å². The first-order valence-electron chi connectivity index (χ1n) is 5.99. The second-order valence-electron chi connectivity index (χ2n) is 4.63. The summed E-state index contributed by atoms with van der Waals surface area (Å²) in [5, 5.41) is 3.35. The van der Waals surface area contributed by atoms with Crippen LogP contribution < -0.4 is 5.32 Å². The van der Waals surface area contributed by atoms with Crippen LogP contribution in [0.1, 0.15) is 31.2 Å². The minimum atomic E-state index is 0.410. The van der Waals surface area contributed by atoms with Crippen molar-refractivity contribution in [2.24, 2.45) is 0 Å². The molecule has 0 atom stereocenters. The maximum atomic E-state index is 4.39. The predicted molar refractivity (Wildman–Crippen MR) is 64.3 cm³/mol. The zero-order valence-electron chi connectivity index (χ0n) is 10.1. The van der Waals surface area contributed by atoms with E-state index >= 15 is 0 Å². The molecule has 1 aliphatic heterocycles. The molecule has 0 aromatic carbocycles. The summed E-state index contributed by atoms with van der Waals surface area (Å²) in [5.74, 6) is 1.34. The molecule has 1 aromatic heterocycles. The number of nitrogens with zero attached hydrogens (tertiary/aromatic N) is 3. The van der Waals surface area contributed by atoms with E-state index in [0.29, 0.717) is 5.92 Å². The third-order valence-corrected chi connectivity index (χ3v) is 2.86. The Hall–Kier alpha value is -1.00. The zero-order valence-corrected chi connectivity index (χ0v) is 10.1. The molecule has 1 fully saturated rings. The Labute approximate surface area is 97.1 Å². The number of aromatic nitrogens is 2. The largest absolute Gasteiger partial charge is 0.314 e. The molecule has 0 saturated carbocycles. The quantitative estimate of drug-likeness (QED) is 0.825. The Morgan fingerprint density at radius 2 is 1.88 bits per heavy atom. The standard InChI is InChI=1S/C12H20N4/c1-10(2)12-14-7-11(8-15-12)9-16-5-3-13-4-6-16/h7-8,10,13H,3-6,9H2,1-2H3. The molecule has 4 nitrogen and oxygen atoms in total. The first kappa shape index (κ1) is 11.5. The molecule has 0 unspecified atom stereocenters. The van der Waals surface area contributed by atoms with E-state index in [1.165, 1.54) is 5.56 Å². The van der Waals surface area contributed by atoms with Gasteiger partial charge in [-0.2, -0.15) is 0 Å². The monoisotopic (exact) mass is 220 g/mol. The van der Waals surface area contributed by atoms with Gasteiger partial charge in [-0.25, -0.2) is 9.97 Å². The third-order valence-electron chi connectivity index (χ3n) is 2.86. The van der Waals surface area contributed by atoms with Gasteiger partial charge in [-0.1, -0.05) is 13.8 Å². The Bertz CT molecular complexity index is 314. The van der Waals surface area contributed by atoms with Crippen molar-refractivity contribution >= 4 is 0 Å². The van der Waals surface area contributed by atoms with Crippen molar-refractivity contribution in [1.29, 1.82) is 0 Å². The van der Waals surface area contributed by atoms with Gasteiger partial charge in [0, 0.05) is 56.6 Å². The molecule has 16 heavy (non-hydrogen) atoms. The molecule has 1 saturated heterocycles. The van der Waals surface area contributed by atoms with Crippen LogP contribution in [-0.4, -0.2) is 41.0 Å². The molecule has 0 amide bonds. The molecule has 0 bridgehead atoms. The fraction of sp³-hybridized carbons (Fsp3) is 0.667. The lowest BCUT2D eigenvalue weighted by atomic mass is 10.2. The van der Waals surface area contributed by atoms with Crippen molar-refractivity contribution in [3.63, 3.8) is 0 Å². The fourth-order valence-corrected chi connectivity index (χ4v) is 1.87. The van der Waals surface area contributed by atoms with Crippen LogP contribution >= 0.6 is 0 Å². The zero-order chi connectivity index (χ0) is 11.4. The normalized spacial score (nSPS) is 17.9. The van der Waals surface area contributed by atoms with Gasteiger partial charge in [-0.05, 0) is 0 Å². The second-order valence-corrected chi connectivity index (χ2v) is 4.63. The van der Waals surface area contributed by atoms with Gasteiger partial charge >= 0.3 is 0 Å². The van der Waals surface area contributed by atoms with Crippen LogP contribution in [0.2, 0.25) is 0 Å². The van der Waals surface area contributed by atoms with Crippen molar-refractivity contribution in [1.82, 2.24) is 20.2 Å². The Morgan fingerprint density at radius 1 is 1.25 bits per heavy atom. The van der Waals surface area contributed by atoms with Crippen LogP contribution in [0.4, 0.5) is 0 Å². The van der Waals surface area contributed by atoms with E-state index in [0.717, 1.165) is 38.5 Å². The minimum Gasteiger partial charge on any atom is -0.314 e. The Balaban J connectivity index is 1.93. The number of piperazine rings is 1. The topological polar surface area (TPSA) is 41.1 Å². The summed E-state index contributed by atoms with van der Waals surface area (Å²) in [6, 6.07) is 0. The van der Waals surface area contributed by atoms with Crippen LogP contribution in [0.25, 0.3) is 0 Å². The molecule has 0 aliphatic carbocycles. The first-order chi connectivity index (χ1) is 7.75. The van der Waals surface area contributed by atoms with Crippen molar-refractivity contribution in [3.05, 3.63) is 23.8 Å². The summed E-state index contributed by atoms with van der Waals surface area (Å²) in [6.07, 6.45) is 3.93. The lowest BCUT2D eigenvalue weighted by Gasteiger charge is -2.26. The molecule has 0 radical (unpaired) electrons. The molecule has 1 N–H and O–H groups in total. The molecule has 2 heterocycles. The highest BCUT2D eigenvalue weighted by molar-refractivity contribution is 5.06. The summed E-state index contributed by atoms with van der Waals surface area (Å²) in [5.41, 5.74) is 1.21. The number of hydrogen-bond acceptors (Lipinski definition) is 4. The minimum absolute atomic E-state index is 0.410. The summed E-state index contributed by atoms with van der Waals surface area (Å²) in [7, 11) is 0. The van der Waals surface area contributed by atoms with E-state index in [4.69, 9.17) is 0 Å². The first-order valence-corrected chi connectivity index (χ1v) is 5.99. The predicted octanol–water partition coefficient (Wildman–Crippen LogP) is 1.01. The highest BCUT2D eigenvalue weighted by Gasteiger charge is 2.10. The highest BCUT2D eigenvalue weighted by Crippen LogP contribution is 2.09. The SMILES string of the molecule is CC(C)c1ncc(CN2CCNCC2)cn1. The average Bonchev–Trinajstić information content (AvgIpc) is 2.31. The van der Waals surface area contributed by atoms with Crippen LogP contribution in [0.5, 0.6) is 0 Å². The van der Waals surface area contributed by atoms with Gasteiger partial charge in [0.2, 0.25) is 0 Å². The Morgan fingerprint density at radius 3 is 2.44 bits per heavy atom. The van der Waals surface area contributed by atoms with E-state index in [-0.39, 0.29) is 0 Å². The summed E-state index contributed by atoms with van der Waals surface area (Å²) in [6.45, 7) is 9.62. The molecule has 0 spiro atoms. The summed E-state index contributed by atoms with van der Waals surface area (Å²) in [4.78, 5) is 11.2. The van der Waals surface area contributed by atoms with E-state index in [1.807, 2.05) is 12.4 Å². The van der Waals surface area contributed by atoms with Crippen molar-refractivity contribution in [2.45, 2.75) is 26.3 Å². The van der Waals surface area contributed by atoms with Crippen LogP contribution in [0.15, 0.2) is 12.4 Å². The van der Waals surface area contributed by atoms with Crippen molar-refractivity contribution in [3.8, 4) is 0 Å². The average molecular weight is 220 g/mol. The molecule has 4 heteroatoms. The van der Waals surface area contributed by atoms with Gasteiger partial charge in [0.15, 0.2) is 0 Å². The van der Waals surface area contributed by atoms with Gasteiger partial charge in [-0.15, -0.1) is 0 Å². The fourth-order valence-electron chi connectivity index (χ4n) is 1.87. The molecular formula is C12H20N4. The smallest absolute Gasteiger partial charge is 0.130 e. The Kier molecular flexibility index (Phi) is 3.85. The molecule has 1 aromatic rings. The van der Waals surface area contributed by atoms with Crippen LogP contribution in [0.3, 0.4) is 0 Å². The number of nitrogens with one attached hydrogen (secondary N) is 1. The van der Waals surface area contributed by atoms with Crippen molar-refractivity contribution < 1.29 is 0 Å². The molecular weight excluding hydrogens is 200 g/mol. The molecule has 88 valence electrons. The third kappa shape index (κ3) is 3.00. The van der Waals surface area contributed by atoms with Gasteiger partial charge in [0.25, 0.3) is 0 Å². The van der Waals surface area contributed by atoms with Crippen molar-refractivity contribution in [2.75, 3.05) is 26.2 Å². The maximum absolute atomic E-state index is 4.39. The van der Waals surface area contributed by atoms with Gasteiger partial charge in [-0.3, -0.25) is 4.90 Å². The van der Waals surface area contributed by atoms with E-state index in [2.05, 4.69) is 34.0 Å². The summed E-state index contributed by atoms with van der Waals surface area (Å²) >= 11 is 0. The number of rotatable bonds is 3. The van der Waals surface area contributed by atoms with E-state index in [1.54, 1.807) is 0 Å². The van der Waals surface area contributed by atoms with Crippen LogP contribution in [0, 0.1) is 0 Å². The number of hydrogen-bond donors (Lipinski definition) is 1. The molecule has 1 aliphatic rings. The van der Waals surface area contributed by atoms with Gasteiger partial charge in [0.05, 0.1) is 0 Å². The lowest BCUT2D eigenvalue weighted by molar-refractivity contribution is 0.232. The highest BCUT2D eigenvalue weighted by atomic mass is 15.2. The second kappa shape index (κ2) is 5.37.